The average Bonchev–Trinajstić information content (AvgIpc) is 2.57. The lowest BCUT2D eigenvalue weighted by atomic mass is 10.6. The second kappa shape index (κ2) is 5.80. The van der Waals surface area contributed by atoms with Crippen LogP contribution in [0.1, 0.15) is 0 Å². The largest absolute Gasteiger partial charge is 0.349 e. The van der Waals surface area contributed by atoms with Gasteiger partial charge in [-0.2, -0.15) is 0 Å². The van der Waals surface area contributed by atoms with Crippen LogP contribution in [-0.2, 0) is 9.47 Å². The lowest BCUT2D eigenvalue weighted by Gasteiger charge is -2.05. The molecule has 2 nitrogen and oxygen atoms in total. The molecule has 0 atom stereocenters. The van der Waals surface area contributed by atoms with E-state index in [1.165, 1.54) is 0 Å². The fourth-order valence-electron chi connectivity index (χ4n) is 0.758. The lowest BCUT2D eigenvalue weighted by molar-refractivity contribution is -0.0213. The average molecular weight is 251 g/mol. The van der Waals surface area contributed by atoms with Crippen molar-refractivity contribution < 1.29 is 9.47 Å². The van der Waals surface area contributed by atoms with Crippen LogP contribution in [0.25, 0.3) is 0 Å². The van der Waals surface area contributed by atoms with Crippen LogP contribution in [0.15, 0.2) is 22.5 Å². The van der Waals surface area contributed by atoms with Crippen molar-refractivity contribution in [2.45, 2.75) is 6.29 Å². The third-order valence-electron chi connectivity index (χ3n) is 1.31. The molecule has 0 aromatic heterocycles. The van der Waals surface area contributed by atoms with Crippen molar-refractivity contribution >= 4 is 27.7 Å². The molecule has 68 valence electrons. The summed E-state index contributed by atoms with van der Waals surface area (Å²) in [4.78, 5) is 0. The van der Waals surface area contributed by atoms with E-state index in [1.54, 1.807) is 17.8 Å². The second-order valence-corrected chi connectivity index (χ2v) is 4.03. The molecule has 1 saturated heterocycles. The van der Waals surface area contributed by atoms with E-state index in [9.17, 15) is 0 Å². The van der Waals surface area contributed by atoms with Gasteiger partial charge < -0.3 is 9.47 Å². The Balaban J connectivity index is 2.12. The van der Waals surface area contributed by atoms with Crippen molar-refractivity contribution in [1.29, 1.82) is 0 Å². The second-order valence-electron chi connectivity index (χ2n) is 2.21. The number of ether oxygens (including phenoxy) is 2. The summed E-state index contributed by atoms with van der Waals surface area (Å²) in [6.07, 6.45) is 1.72. The van der Waals surface area contributed by atoms with Crippen LogP contribution >= 0.6 is 27.7 Å². The maximum Gasteiger partial charge on any atom is 0.167 e. The number of hydrogen-bond donors (Lipinski definition) is 0. The van der Waals surface area contributed by atoms with Crippen molar-refractivity contribution in [1.82, 2.24) is 0 Å². The summed E-state index contributed by atoms with van der Waals surface area (Å²) in [6, 6.07) is 0. The molecule has 0 N–H and O–H groups in total. The van der Waals surface area contributed by atoms with Gasteiger partial charge in [-0.15, -0.1) is 11.8 Å². The van der Waals surface area contributed by atoms with Gasteiger partial charge in [-0.05, 0) is 5.41 Å². The van der Waals surface area contributed by atoms with Crippen molar-refractivity contribution in [3.05, 3.63) is 22.5 Å². The molecule has 12 heavy (non-hydrogen) atoms. The molecule has 0 aromatic carbocycles. The van der Waals surface area contributed by atoms with E-state index in [2.05, 4.69) is 22.5 Å². The third-order valence-corrected chi connectivity index (χ3v) is 3.05. The molecule has 0 radical (unpaired) electrons. The van der Waals surface area contributed by atoms with E-state index >= 15 is 0 Å². The van der Waals surface area contributed by atoms with Gasteiger partial charge in [0.25, 0.3) is 0 Å². The Morgan fingerprint density at radius 3 is 2.83 bits per heavy atom. The van der Waals surface area contributed by atoms with Crippen LogP contribution in [0.2, 0.25) is 0 Å². The normalized spacial score (nSPS) is 19.9. The van der Waals surface area contributed by atoms with E-state index < -0.39 is 0 Å². The van der Waals surface area contributed by atoms with Crippen molar-refractivity contribution in [2.24, 2.45) is 0 Å². The van der Waals surface area contributed by atoms with E-state index in [0.29, 0.717) is 0 Å². The molecule has 1 fully saturated rings. The van der Waals surface area contributed by atoms with Crippen LogP contribution < -0.4 is 0 Å². The fraction of sp³-hybridized carbons (Fsp3) is 0.500. The number of hydrogen-bond acceptors (Lipinski definition) is 3. The molecular formula is C8H11BrO2S. The Labute approximate surface area is 85.1 Å². The molecule has 0 saturated carbocycles. The zero-order chi connectivity index (χ0) is 8.81. The Bertz CT molecular complexity index is 176. The highest BCUT2D eigenvalue weighted by atomic mass is 79.9. The third kappa shape index (κ3) is 3.76. The molecular weight excluding hydrogens is 240 g/mol. The first kappa shape index (κ1) is 10.3. The predicted octanol–water partition coefficient (Wildman–Crippen LogP) is 2.51. The zero-order valence-electron chi connectivity index (χ0n) is 6.66. The van der Waals surface area contributed by atoms with Crippen LogP contribution in [-0.4, -0.2) is 25.3 Å². The van der Waals surface area contributed by atoms with E-state index in [4.69, 9.17) is 9.47 Å². The van der Waals surface area contributed by atoms with Gasteiger partial charge in [-0.25, -0.2) is 0 Å². The monoisotopic (exact) mass is 250 g/mol. The van der Waals surface area contributed by atoms with Gasteiger partial charge in [0.15, 0.2) is 6.29 Å². The Kier molecular flexibility index (Phi) is 4.99. The zero-order valence-corrected chi connectivity index (χ0v) is 9.07. The molecule has 1 aliphatic rings. The first-order valence-electron chi connectivity index (χ1n) is 3.66. The van der Waals surface area contributed by atoms with Crippen LogP contribution in [0.4, 0.5) is 0 Å². The van der Waals surface area contributed by atoms with Gasteiger partial charge in [0.1, 0.15) is 0 Å². The van der Waals surface area contributed by atoms with Crippen LogP contribution in [0, 0.1) is 0 Å². The minimum Gasteiger partial charge on any atom is -0.349 e. The first-order valence-corrected chi connectivity index (χ1v) is 5.50. The molecule has 0 bridgehead atoms. The summed E-state index contributed by atoms with van der Waals surface area (Å²) in [6.45, 7) is 5.06. The van der Waals surface area contributed by atoms with Crippen molar-refractivity contribution in [2.75, 3.05) is 19.0 Å². The number of allylic oxidation sites excluding steroid dienone is 2. The predicted molar refractivity (Wildman–Crippen MR) is 55.4 cm³/mol. The summed E-state index contributed by atoms with van der Waals surface area (Å²) < 4.78 is 11.5. The molecule has 0 unspecified atom stereocenters. The minimum absolute atomic E-state index is 0.0311. The highest BCUT2D eigenvalue weighted by Crippen LogP contribution is 2.17. The smallest absolute Gasteiger partial charge is 0.167 e. The van der Waals surface area contributed by atoms with Gasteiger partial charge in [0.2, 0.25) is 0 Å². The molecule has 1 heterocycles. The maximum absolute atomic E-state index is 5.25. The van der Waals surface area contributed by atoms with Crippen molar-refractivity contribution in [3.63, 3.8) is 0 Å². The maximum atomic E-state index is 5.25. The summed E-state index contributed by atoms with van der Waals surface area (Å²) in [5.41, 5.74) is 0. The van der Waals surface area contributed by atoms with Crippen LogP contribution in [0.3, 0.4) is 0 Å². The number of halogens is 1. The molecule has 4 heteroatoms. The minimum atomic E-state index is -0.0311. The Morgan fingerprint density at radius 2 is 2.25 bits per heavy atom. The van der Waals surface area contributed by atoms with Gasteiger partial charge in [0.05, 0.1) is 13.2 Å². The topological polar surface area (TPSA) is 18.5 Å². The number of rotatable bonds is 4. The quantitative estimate of drug-likeness (QED) is 0.715. The highest BCUT2D eigenvalue weighted by Gasteiger charge is 2.14. The molecule has 0 amide bonds. The number of thioether (sulfide) groups is 1. The lowest BCUT2D eigenvalue weighted by Crippen LogP contribution is -2.09. The van der Waals surface area contributed by atoms with Gasteiger partial charge in [-0.1, -0.05) is 28.6 Å². The molecule has 0 spiro atoms. The standard InChI is InChI=1S/C8H11BrO2S/c1-2-7(9)5-12-6-8-10-3-4-11-8/h2,5,8H,1,3-4,6H2/b7-5+. The SMILES string of the molecule is C=C/C(Br)=C\SCC1OCCO1. The summed E-state index contributed by atoms with van der Waals surface area (Å²) in [7, 11) is 0. The molecule has 0 aliphatic carbocycles. The molecule has 1 rings (SSSR count). The fourth-order valence-corrected chi connectivity index (χ4v) is 1.86. The van der Waals surface area contributed by atoms with Crippen molar-refractivity contribution in [3.8, 4) is 0 Å². The Morgan fingerprint density at radius 1 is 1.58 bits per heavy atom. The van der Waals surface area contributed by atoms with Crippen LogP contribution in [0.5, 0.6) is 0 Å². The van der Waals surface area contributed by atoms with E-state index in [-0.39, 0.29) is 6.29 Å². The Hall–Kier alpha value is 0.230. The highest BCUT2D eigenvalue weighted by molar-refractivity contribution is 9.12. The summed E-state index contributed by atoms with van der Waals surface area (Å²) in [5, 5.41) is 1.98. The molecule has 1 aliphatic heterocycles. The summed E-state index contributed by atoms with van der Waals surface area (Å²) in [5.74, 6) is 0.836. The van der Waals surface area contributed by atoms with E-state index in [0.717, 1.165) is 23.4 Å². The van der Waals surface area contributed by atoms with Gasteiger partial charge in [-0.3, -0.25) is 0 Å². The van der Waals surface area contributed by atoms with E-state index in [1.807, 2.05) is 5.41 Å². The molecule has 0 aromatic rings. The van der Waals surface area contributed by atoms with Gasteiger partial charge in [0, 0.05) is 10.2 Å². The van der Waals surface area contributed by atoms with Gasteiger partial charge >= 0.3 is 0 Å². The first-order chi connectivity index (χ1) is 5.83. The summed E-state index contributed by atoms with van der Waals surface area (Å²) >= 11 is 4.98.